The summed E-state index contributed by atoms with van der Waals surface area (Å²) in [5, 5.41) is 0. The van der Waals surface area contributed by atoms with Gasteiger partial charge in [-0.05, 0) is 31.4 Å². The van der Waals surface area contributed by atoms with E-state index in [2.05, 4.69) is 35.8 Å². The van der Waals surface area contributed by atoms with Gasteiger partial charge in [-0.25, -0.2) is 4.98 Å². The van der Waals surface area contributed by atoms with Crippen molar-refractivity contribution in [3.8, 4) is 0 Å². The molecule has 1 saturated carbocycles. The highest BCUT2D eigenvalue weighted by molar-refractivity contribution is 5.76. The zero-order valence-electron chi connectivity index (χ0n) is 11.7. The molecule has 102 valence electrons. The average molecular weight is 257 g/mol. The van der Waals surface area contributed by atoms with E-state index in [1.165, 1.54) is 30.6 Å². The van der Waals surface area contributed by atoms with Gasteiger partial charge in [0.2, 0.25) is 0 Å². The van der Waals surface area contributed by atoms with Gasteiger partial charge in [0.25, 0.3) is 0 Å². The minimum atomic E-state index is 0.279. The maximum Gasteiger partial charge on any atom is 0.114 e. The Balaban J connectivity index is 2.08. The summed E-state index contributed by atoms with van der Waals surface area (Å²) in [5.74, 6) is 1.66. The predicted octanol–water partition coefficient (Wildman–Crippen LogP) is 3.43. The molecule has 1 aromatic carbocycles. The van der Waals surface area contributed by atoms with Crippen molar-refractivity contribution in [2.75, 3.05) is 0 Å². The van der Waals surface area contributed by atoms with Crippen LogP contribution in [0.3, 0.4) is 0 Å². The Labute approximate surface area is 114 Å². The molecule has 3 heteroatoms. The third-order valence-electron chi connectivity index (χ3n) is 4.28. The second-order valence-corrected chi connectivity index (χ2v) is 5.67. The molecule has 0 radical (unpaired) electrons. The maximum atomic E-state index is 6.34. The first-order valence-corrected chi connectivity index (χ1v) is 7.52. The third kappa shape index (κ3) is 2.27. The minimum absolute atomic E-state index is 0.279. The summed E-state index contributed by atoms with van der Waals surface area (Å²) < 4.78 is 2.39. The van der Waals surface area contributed by atoms with Crippen LogP contribution in [0.2, 0.25) is 0 Å². The van der Waals surface area contributed by atoms with Gasteiger partial charge in [0.15, 0.2) is 0 Å². The monoisotopic (exact) mass is 257 g/mol. The smallest absolute Gasteiger partial charge is 0.114 e. The fourth-order valence-corrected chi connectivity index (χ4v) is 3.32. The molecule has 0 saturated heterocycles. The molecule has 1 aliphatic rings. The fraction of sp³-hybridized carbons (Fsp3) is 0.562. The van der Waals surface area contributed by atoms with E-state index >= 15 is 0 Å². The summed E-state index contributed by atoms with van der Waals surface area (Å²) in [6.07, 6.45) is 6.02. The highest BCUT2D eigenvalue weighted by atomic mass is 15.1. The van der Waals surface area contributed by atoms with Gasteiger partial charge in [-0.2, -0.15) is 0 Å². The van der Waals surface area contributed by atoms with Crippen molar-refractivity contribution < 1.29 is 0 Å². The quantitative estimate of drug-likeness (QED) is 0.915. The van der Waals surface area contributed by atoms with Crippen molar-refractivity contribution in [1.82, 2.24) is 9.55 Å². The zero-order chi connectivity index (χ0) is 13.2. The highest BCUT2D eigenvalue weighted by Gasteiger charge is 2.28. The van der Waals surface area contributed by atoms with Crippen LogP contribution in [0.5, 0.6) is 0 Å². The van der Waals surface area contributed by atoms with E-state index < -0.39 is 0 Å². The van der Waals surface area contributed by atoms with E-state index in [0.717, 1.165) is 24.9 Å². The molecule has 2 N–H and O–H groups in total. The van der Waals surface area contributed by atoms with Crippen LogP contribution in [0.4, 0.5) is 0 Å². The van der Waals surface area contributed by atoms with Crippen LogP contribution in [0, 0.1) is 0 Å². The van der Waals surface area contributed by atoms with Gasteiger partial charge in [0.1, 0.15) is 5.82 Å². The van der Waals surface area contributed by atoms with Crippen molar-refractivity contribution in [2.45, 2.75) is 57.5 Å². The number of fused-ring (bicyclic) bond motifs is 1. The van der Waals surface area contributed by atoms with Crippen LogP contribution in [-0.4, -0.2) is 15.6 Å². The molecule has 2 aromatic rings. The molecule has 1 aliphatic carbocycles. The lowest BCUT2D eigenvalue weighted by Crippen LogP contribution is -2.33. The molecule has 2 unspecified atom stereocenters. The number of rotatable bonds is 3. The van der Waals surface area contributed by atoms with Gasteiger partial charge in [-0.3, -0.25) is 0 Å². The van der Waals surface area contributed by atoms with Gasteiger partial charge >= 0.3 is 0 Å². The number of hydrogen-bond donors (Lipinski definition) is 1. The average Bonchev–Trinajstić information content (AvgIpc) is 2.79. The van der Waals surface area contributed by atoms with Crippen LogP contribution in [0.1, 0.15) is 50.8 Å². The first-order valence-electron chi connectivity index (χ1n) is 7.52. The summed E-state index contributed by atoms with van der Waals surface area (Å²) in [6.45, 7) is 3.26. The Morgan fingerprint density at radius 2 is 2.05 bits per heavy atom. The van der Waals surface area contributed by atoms with Crippen molar-refractivity contribution in [2.24, 2.45) is 5.73 Å². The van der Waals surface area contributed by atoms with Gasteiger partial charge in [-0.1, -0.05) is 31.9 Å². The Morgan fingerprint density at radius 1 is 1.26 bits per heavy atom. The number of aryl methyl sites for hydroxylation is 1. The molecule has 0 spiro atoms. The predicted molar refractivity (Wildman–Crippen MR) is 79.2 cm³/mol. The standard InChI is InChI=1S/C16H23N3/c1-2-11-19-15-10-6-5-9-14(15)18-16(19)12-7-3-4-8-13(12)17/h5-6,9-10,12-13H,2-4,7-8,11,17H2,1H3. The molecule has 1 heterocycles. The van der Waals surface area contributed by atoms with Crippen LogP contribution in [0.15, 0.2) is 24.3 Å². The molecule has 1 aromatic heterocycles. The largest absolute Gasteiger partial charge is 0.328 e. The minimum Gasteiger partial charge on any atom is -0.328 e. The Kier molecular flexibility index (Phi) is 3.56. The van der Waals surface area contributed by atoms with Gasteiger partial charge in [0, 0.05) is 18.5 Å². The lowest BCUT2D eigenvalue weighted by molar-refractivity contribution is 0.364. The summed E-state index contributed by atoms with van der Waals surface area (Å²) >= 11 is 0. The van der Waals surface area contributed by atoms with E-state index in [1.807, 2.05) is 0 Å². The zero-order valence-corrected chi connectivity index (χ0v) is 11.7. The van der Waals surface area contributed by atoms with Crippen molar-refractivity contribution in [3.63, 3.8) is 0 Å². The summed E-state index contributed by atoms with van der Waals surface area (Å²) in [6, 6.07) is 8.73. The van der Waals surface area contributed by atoms with Gasteiger partial charge in [-0.15, -0.1) is 0 Å². The number of nitrogens with zero attached hydrogens (tertiary/aromatic N) is 2. The Hall–Kier alpha value is -1.35. The first-order chi connectivity index (χ1) is 9.31. The van der Waals surface area contributed by atoms with E-state index in [1.54, 1.807) is 0 Å². The first kappa shape index (κ1) is 12.7. The van der Waals surface area contributed by atoms with Crippen LogP contribution in [0.25, 0.3) is 11.0 Å². The fourth-order valence-electron chi connectivity index (χ4n) is 3.32. The Morgan fingerprint density at radius 3 is 2.84 bits per heavy atom. The van der Waals surface area contributed by atoms with Gasteiger partial charge < -0.3 is 10.3 Å². The summed E-state index contributed by atoms with van der Waals surface area (Å²) in [7, 11) is 0. The van der Waals surface area contributed by atoms with E-state index in [4.69, 9.17) is 10.7 Å². The normalized spacial score (nSPS) is 23.9. The number of imidazole rings is 1. The number of aromatic nitrogens is 2. The lowest BCUT2D eigenvalue weighted by Gasteiger charge is -2.28. The number of nitrogens with two attached hydrogens (primary N) is 1. The molecule has 0 bridgehead atoms. The second-order valence-electron chi connectivity index (χ2n) is 5.67. The number of benzene rings is 1. The van der Waals surface area contributed by atoms with Crippen molar-refractivity contribution in [1.29, 1.82) is 0 Å². The molecule has 0 amide bonds. The SMILES string of the molecule is CCCn1c(C2CCCCC2N)nc2ccccc21. The molecule has 0 aliphatic heterocycles. The van der Waals surface area contributed by atoms with E-state index in [-0.39, 0.29) is 6.04 Å². The Bertz CT molecular complexity index is 558. The molecule has 19 heavy (non-hydrogen) atoms. The molecule has 2 atom stereocenters. The summed E-state index contributed by atoms with van der Waals surface area (Å²) in [5.41, 5.74) is 8.72. The van der Waals surface area contributed by atoms with Crippen LogP contribution >= 0.6 is 0 Å². The molecular formula is C16H23N3. The van der Waals surface area contributed by atoms with Crippen molar-refractivity contribution in [3.05, 3.63) is 30.1 Å². The highest BCUT2D eigenvalue weighted by Crippen LogP contribution is 2.33. The van der Waals surface area contributed by atoms with Crippen LogP contribution < -0.4 is 5.73 Å². The number of hydrogen-bond acceptors (Lipinski definition) is 2. The van der Waals surface area contributed by atoms with E-state index in [9.17, 15) is 0 Å². The topological polar surface area (TPSA) is 43.8 Å². The van der Waals surface area contributed by atoms with Crippen molar-refractivity contribution >= 4 is 11.0 Å². The summed E-state index contributed by atoms with van der Waals surface area (Å²) in [4.78, 5) is 4.89. The third-order valence-corrected chi connectivity index (χ3v) is 4.28. The molecule has 3 rings (SSSR count). The lowest BCUT2D eigenvalue weighted by atomic mass is 9.84. The van der Waals surface area contributed by atoms with Crippen LogP contribution in [-0.2, 0) is 6.54 Å². The second kappa shape index (κ2) is 5.33. The van der Waals surface area contributed by atoms with Gasteiger partial charge in [0.05, 0.1) is 11.0 Å². The van der Waals surface area contributed by atoms with E-state index in [0.29, 0.717) is 5.92 Å². The molecule has 3 nitrogen and oxygen atoms in total. The molecule has 1 fully saturated rings. The number of para-hydroxylation sites is 2. The maximum absolute atomic E-state index is 6.34. The molecular weight excluding hydrogens is 234 g/mol.